The van der Waals surface area contributed by atoms with Crippen LogP contribution in [-0.2, 0) is 20.9 Å². The summed E-state index contributed by atoms with van der Waals surface area (Å²) in [5.41, 5.74) is -0.936. The molecule has 2 rings (SSSR count). The molecule has 0 atom stereocenters. The van der Waals surface area contributed by atoms with Crippen molar-refractivity contribution in [1.29, 1.82) is 0 Å². The van der Waals surface area contributed by atoms with Crippen LogP contribution < -0.4 is 5.32 Å². The largest absolute Gasteiger partial charge is 0.450 e. The van der Waals surface area contributed by atoms with E-state index in [1.807, 2.05) is 0 Å². The standard InChI is InChI=1S/C19H26FN3O4/c1-4-27-18(26)23-11-9-22(10-12-23)17(25)19(2,3)16(24)21-13-14-7-5-6-8-15(14)20/h5-8H,4,9-13H2,1-3H3,(H,21,24). The summed E-state index contributed by atoms with van der Waals surface area (Å²) in [5, 5.41) is 2.63. The fourth-order valence-electron chi connectivity index (χ4n) is 2.84. The maximum Gasteiger partial charge on any atom is 0.409 e. The first-order valence-corrected chi connectivity index (χ1v) is 9.00. The first-order valence-electron chi connectivity index (χ1n) is 9.00. The number of benzene rings is 1. The quantitative estimate of drug-likeness (QED) is 0.791. The van der Waals surface area contributed by atoms with Gasteiger partial charge in [0.25, 0.3) is 0 Å². The highest BCUT2D eigenvalue weighted by molar-refractivity contribution is 6.04. The number of nitrogens with one attached hydrogen (secondary N) is 1. The summed E-state index contributed by atoms with van der Waals surface area (Å²) in [6, 6.07) is 6.16. The number of hydrogen-bond donors (Lipinski definition) is 1. The maximum absolute atomic E-state index is 13.7. The molecule has 1 heterocycles. The highest BCUT2D eigenvalue weighted by Gasteiger charge is 2.40. The van der Waals surface area contributed by atoms with Crippen LogP contribution in [0.1, 0.15) is 26.3 Å². The van der Waals surface area contributed by atoms with Gasteiger partial charge in [0.05, 0.1) is 6.61 Å². The average molecular weight is 379 g/mol. The van der Waals surface area contributed by atoms with Gasteiger partial charge in [-0.3, -0.25) is 9.59 Å². The number of amides is 3. The van der Waals surface area contributed by atoms with E-state index in [-0.39, 0.29) is 12.5 Å². The van der Waals surface area contributed by atoms with Crippen molar-refractivity contribution in [2.45, 2.75) is 27.3 Å². The van der Waals surface area contributed by atoms with E-state index < -0.39 is 23.2 Å². The van der Waals surface area contributed by atoms with Crippen molar-refractivity contribution >= 4 is 17.9 Å². The third-order valence-corrected chi connectivity index (χ3v) is 4.59. The lowest BCUT2D eigenvalue weighted by atomic mass is 9.90. The molecule has 1 fully saturated rings. The van der Waals surface area contributed by atoms with Crippen LogP contribution in [-0.4, -0.2) is 60.5 Å². The predicted molar refractivity (Wildman–Crippen MR) is 97.2 cm³/mol. The van der Waals surface area contributed by atoms with E-state index in [0.29, 0.717) is 38.3 Å². The lowest BCUT2D eigenvalue weighted by molar-refractivity contribution is -0.149. The first kappa shape index (κ1) is 20.7. The highest BCUT2D eigenvalue weighted by atomic mass is 19.1. The summed E-state index contributed by atoms with van der Waals surface area (Å²) in [5.74, 6) is -1.20. The molecule has 1 saturated heterocycles. The van der Waals surface area contributed by atoms with Crippen LogP contribution in [0.4, 0.5) is 9.18 Å². The Kier molecular flexibility index (Phi) is 6.76. The topological polar surface area (TPSA) is 79.0 Å². The van der Waals surface area contributed by atoms with Crippen molar-refractivity contribution in [3.63, 3.8) is 0 Å². The molecule has 1 aromatic carbocycles. The summed E-state index contributed by atoms with van der Waals surface area (Å²) in [4.78, 5) is 40.2. The Balaban J connectivity index is 1.91. The van der Waals surface area contributed by atoms with Gasteiger partial charge < -0.3 is 19.9 Å². The minimum absolute atomic E-state index is 0.0128. The zero-order valence-corrected chi connectivity index (χ0v) is 16.0. The van der Waals surface area contributed by atoms with Gasteiger partial charge in [0, 0.05) is 38.3 Å². The van der Waals surface area contributed by atoms with Crippen molar-refractivity contribution in [2.75, 3.05) is 32.8 Å². The molecule has 0 saturated carbocycles. The lowest BCUT2D eigenvalue weighted by Gasteiger charge is -2.37. The summed E-state index contributed by atoms with van der Waals surface area (Å²) >= 11 is 0. The average Bonchev–Trinajstić information content (AvgIpc) is 2.66. The first-order chi connectivity index (χ1) is 12.8. The van der Waals surface area contributed by atoms with Gasteiger partial charge in [0.15, 0.2) is 0 Å². The third-order valence-electron chi connectivity index (χ3n) is 4.59. The van der Waals surface area contributed by atoms with Gasteiger partial charge in [-0.25, -0.2) is 9.18 Å². The Morgan fingerprint density at radius 2 is 1.70 bits per heavy atom. The second kappa shape index (κ2) is 8.83. The van der Waals surface area contributed by atoms with Crippen LogP contribution in [0.25, 0.3) is 0 Å². The molecule has 0 unspecified atom stereocenters. The van der Waals surface area contributed by atoms with Crippen LogP contribution in [0.3, 0.4) is 0 Å². The van der Waals surface area contributed by atoms with E-state index in [9.17, 15) is 18.8 Å². The van der Waals surface area contributed by atoms with E-state index in [1.165, 1.54) is 6.07 Å². The smallest absolute Gasteiger partial charge is 0.409 e. The molecule has 27 heavy (non-hydrogen) atoms. The molecule has 0 aliphatic carbocycles. The Hall–Kier alpha value is -2.64. The number of carbonyl (C=O) groups excluding carboxylic acids is 3. The molecule has 7 nitrogen and oxygen atoms in total. The van der Waals surface area contributed by atoms with Crippen LogP contribution in [0.15, 0.2) is 24.3 Å². The Bertz CT molecular complexity index is 700. The van der Waals surface area contributed by atoms with Gasteiger partial charge in [0.2, 0.25) is 11.8 Å². The van der Waals surface area contributed by atoms with Gasteiger partial charge in [-0.2, -0.15) is 0 Å². The molecule has 0 bridgehead atoms. The predicted octanol–water partition coefficient (Wildman–Crippen LogP) is 1.77. The number of ether oxygens (including phenoxy) is 1. The molecule has 1 aromatic rings. The summed E-state index contributed by atoms with van der Waals surface area (Å²) < 4.78 is 18.6. The van der Waals surface area contributed by atoms with Gasteiger partial charge in [-0.1, -0.05) is 18.2 Å². The SMILES string of the molecule is CCOC(=O)N1CCN(C(=O)C(C)(C)C(=O)NCc2ccccc2F)CC1. The second-order valence-electron chi connectivity index (χ2n) is 6.88. The molecule has 1 aliphatic rings. The van der Waals surface area contributed by atoms with E-state index in [1.54, 1.807) is 48.8 Å². The number of carbonyl (C=O) groups is 3. The molecule has 1 aliphatic heterocycles. The molecule has 8 heteroatoms. The van der Waals surface area contributed by atoms with Crippen molar-refractivity contribution < 1.29 is 23.5 Å². The molecule has 0 aromatic heterocycles. The van der Waals surface area contributed by atoms with Gasteiger partial charge >= 0.3 is 6.09 Å². The van der Waals surface area contributed by atoms with E-state index in [0.717, 1.165) is 0 Å². The monoisotopic (exact) mass is 379 g/mol. The number of rotatable bonds is 5. The molecular formula is C19H26FN3O4. The van der Waals surface area contributed by atoms with Crippen molar-refractivity contribution in [3.05, 3.63) is 35.6 Å². The molecule has 1 N–H and O–H groups in total. The van der Waals surface area contributed by atoms with Crippen LogP contribution in [0, 0.1) is 11.2 Å². The fourth-order valence-corrected chi connectivity index (χ4v) is 2.84. The highest BCUT2D eigenvalue weighted by Crippen LogP contribution is 2.21. The summed E-state index contributed by atoms with van der Waals surface area (Å²) in [6.07, 6.45) is -0.397. The lowest BCUT2D eigenvalue weighted by Crippen LogP contribution is -2.56. The molecule has 148 valence electrons. The van der Waals surface area contributed by atoms with Gasteiger partial charge in [0.1, 0.15) is 11.2 Å². The maximum atomic E-state index is 13.7. The van der Waals surface area contributed by atoms with Crippen molar-refractivity contribution in [3.8, 4) is 0 Å². The number of halogens is 1. The number of nitrogens with zero attached hydrogens (tertiary/aromatic N) is 2. The van der Waals surface area contributed by atoms with E-state index in [2.05, 4.69) is 5.32 Å². The molecular weight excluding hydrogens is 353 g/mol. The Morgan fingerprint density at radius 3 is 2.30 bits per heavy atom. The minimum Gasteiger partial charge on any atom is -0.450 e. The van der Waals surface area contributed by atoms with E-state index in [4.69, 9.17) is 4.74 Å². The number of piperazine rings is 1. The van der Waals surface area contributed by atoms with Crippen LogP contribution in [0.5, 0.6) is 0 Å². The Labute approximate surface area is 158 Å². The van der Waals surface area contributed by atoms with Crippen molar-refractivity contribution in [2.24, 2.45) is 5.41 Å². The second-order valence-corrected chi connectivity index (χ2v) is 6.88. The third kappa shape index (κ3) is 4.96. The van der Waals surface area contributed by atoms with Crippen molar-refractivity contribution in [1.82, 2.24) is 15.1 Å². The summed E-state index contributed by atoms with van der Waals surface area (Å²) in [7, 11) is 0. The molecule has 0 radical (unpaired) electrons. The molecule has 3 amide bonds. The van der Waals surface area contributed by atoms with Crippen LogP contribution in [0.2, 0.25) is 0 Å². The Morgan fingerprint density at radius 1 is 1.11 bits per heavy atom. The molecule has 0 spiro atoms. The van der Waals surface area contributed by atoms with Gasteiger partial charge in [-0.05, 0) is 26.8 Å². The minimum atomic E-state index is -1.29. The fraction of sp³-hybridized carbons (Fsp3) is 0.526. The zero-order valence-electron chi connectivity index (χ0n) is 16.0. The number of hydrogen-bond acceptors (Lipinski definition) is 4. The normalized spacial score (nSPS) is 14.7. The zero-order chi connectivity index (χ0) is 20.0. The van der Waals surface area contributed by atoms with E-state index >= 15 is 0 Å². The van der Waals surface area contributed by atoms with Gasteiger partial charge in [-0.15, -0.1) is 0 Å². The summed E-state index contributed by atoms with van der Waals surface area (Å²) in [6.45, 7) is 6.53. The van der Waals surface area contributed by atoms with Crippen LogP contribution >= 0.6 is 0 Å².